The van der Waals surface area contributed by atoms with E-state index in [9.17, 15) is 4.79 Å². The van der Waals surface area contributed by atoms with E-state index < -0.39 is 0 Å². The van der Waals surface area contributed by atoms with Gasteiger partial charge in [0, 0.05) is 11.8 Å². The maximum atomic E-state index is 10.6. The molecule has 1 aromatic rings. The number of carbonyl (C=O) groups excluding carboxylic acids is 1. The molecule has 1 atom stereocenters. The molecular weight excluding hydrogens is 208 g/mol. The Kier molecular flexibility index (Phi) is 4.98. The molecule has 0 N–H and O–H groups in total. The first-order chi connectivity index (χ1) is 7.18. The quantitative estimate of drug-likeness (QED) is 0.578. The van der Waals surface area contributed by atoms with Crippen molar-refractivity contribution in [1.82, 2.24) is 0 Å². The second-order valence-electron chi connectivity index (χ2n) is 3.07. The zero-order chi connectivity index (χ0) is 11.1. The second kappa shape index (κ2) is 6.30. The van der Waals surface area contributed by atoms with Gasteiger partial charge in [-0.3, -0.25) is 4.79 Å². The summed E-state index contributed by atoms with van der Waals surface area (Å²) < 4.78 is 4.95. The molecule has 0 aliphatic carbocycles. The van der Waals surface area contributed by atoms with Crippen molar-refractivity contribution >= 4 is 17.7 Å². The van der Waals surface area contributed by atoms with Gasteiger partial charge in [0.25, 0.3) is 0 Å². The molecule has 1 aromatic carbocycles. The summed E-state index contributed by atoms with van der Waals surface area (Å²) in [6.07, 6.45) is 1.69. The summed E-state index contributed by atoms with van der Waals surface area (Å²) >= 11 is 1.60. The van der Waals surface area contributed by atoms with Crippen molar-refractivity contribution in [2.75, 3.05) is 0 Å². The van der Waals surface area contributed by atoms with E-state index in [1.165, 1.54) is 11.8 Å². The van der Waals surface area contributed by atoms with Gasteiger partial charge in [-0.15, -0.1) is 0 Å². The Balaban J connectivity index is 2.36. The summed E-state index contributed by atoms with van der Waals surface area (Å²) in [7, 11) is 0. The fraction of sp³-hybridized carbons (Fsp3) is 0.250. The molecule has 0 amide bonds. The van der Waals surface area contributed by atoms with Gasteiger partial charge in [0.15, 0.2) is 0 Å². The van der Waals surface area contributed by atoms with Gasteiger partial charge in [0.2, 0.25) is 0 Å². The molecule has 0 saturated carbocycles. The standard InChI is InChI=1S/C12H14O2S/c1-10(14-11(2)13)8-9-15-12-6-4-3-5-7-12/h3-10H,1-2H3. The third kappa shape index (κ3) is 5.27. The van der Waals surface area contributed by atoms with Crippen LogP contribution in [0.5, 0.6) is 0 Å². The molecule has 0 aromatic heterocycles. The van der Waals surface area contributed by atoms with Crippen molar-refractivity contribution < 1.29 is 9.53 Å². The lowest BCUT2D eigenvalue weighted by molar-refractivity contribution is -0.143. The van der Waals surface area contributed by atoms with E-state index >= 15 is 0 Å². The molecule has 0 heterocycles. The van der Waals surface area contributed by atoms with Gasteiger partial charge in [-0.2, -0.15) is 0 Å². The van der Waals surface area contributed by atoms with Crippen LogP contribution in [0.1, 0.15) is 13.8 Å². The largest absolute Gasteiger partial charge is 0.459 e. The Morgan fingerprint density at radius 2 is 2.07 bits per heavy atom. The number of esters is 1. The van der Waals surface area contributed by atoms with Crippen LogP contribution in [0.2, 0.25) is 0 Å². The molecule has 0 aliphatic rings. The summed E-state index contributed by atoms with van der Waals surface area (Å²) in [5.74, 6) is -0.253. The van der Waals surface area contributed by atoms with Crippen molar-refractivity contribution in [2.24, 2.45) is 0 Å². The monoisotopic (exact) mass is 222 g/mol. The van der Waals surface area contributed by atoms with E-state index in [4.69, 9.17) is 4.74 Å². The fourth-order valence-electron chi connectivity index (χ4n) is 1.03. The zero-order valence-electron chi connectivity index (χ0n) is 8.84. The molecule has 0 fully saturated rings. The van der Waals surface area contributed by atoms with Gasteiger partial charge < -0.3 is 4.74 Å². The van der Waals surface area contributed by atoms with Crippen LogP contribution in [-0.4, -0.2) is 12.1 Å². The van der Waals surface area contributed by atoms with Crippen LogP contribution in [-0.2, 0) is 9.53 Å². The first-order valence-corrected chi connectivity index (χ1v) is 5.62. The minimum Gasteiger partial charge on any atom is -0.459 e. The van der Waals surface area contributed by atoms with Gasteiger partial charge in [-0.05, 0) is 30.5 Å². The Bertz CT molecular complexity index is 333. The third-order valence-corrected chi connectivity index (χ3v) is 2.49. The minimum atomic E-state index is -0.253. The highest BCUT2D eigenvalue weighted by Crippen LogP contribution is 2.18. The summed E-state index contributed by atoms with van der Waals surface area (Å²) in [5.41, 5.74) is 0. The molecule has 0 bridgehead atoms. The average molecular weight is 222 g/mol. The summed E-state index contributed by atoms with van der Waals surface area (Å²) in [6, 6.07) is 10.0. The lowest BCUT2D eigenvalue weighted by Gasteiger charge is -2.05. The molecule has 15 heavy (non-hydrogen) atoms. The SMILES string of the molecule is CC(=O)OC(C)C=CSc1ccccc1. The van der Waals surface area contributed by atoms with Gasteiger partial charge in [0.05, 0.1) is 0 Å². The predicted octanol–water partition coefficient (Wildman–Crippen LogP) is 3.24. The van der Waals surface area contributed by atoms with Gasteiger partial charge in [-0.25, -0.2) is 0 Å². The van der Waals surface area contributed by atoms with Gasteiger partial charge in [0.1, 0.15) is 6.10 Å². The van der Waals surface area contributed by atoms with Gasteiger partial charge in [-0.1, -0.05) is 30.0 Å². The van der Waals surface area contributed by atoms with Crippen LogP contribution in [0.3, 0.4) is 0 Å². The molecule has 2 nitrogen and oxygen atoms in total. The Morgan fingerprint density at radius 1 is 1.40 bits per heavy atom. The highest BCUT2D eigenvalue weighted by Gasteiger charge is 1.99. The summed E-state index contributed by atoms with van der Waals surface area (Å²) in [4.78, 5) is 11.8. The minimum absolute atomic E-state index is 0.168. The molecule has 1 rings (SSSR count). The third-order valence-electron chi connectivity index (χ3n) is 1.65. The highest BCUT2D eigenvalue weighted by molar-refractivity contribution is 8.02. The summed E-state index contributed by atoms with van der Waals surface area (Å²) in [6.45, 7) is 3.25. The fourth-order valence-corrected chi connectivity index (χ4v) is 1.80. The topological polar surface area (TPSA) is 26.3 Å². The molecular formula is C12H14O2S. The number of hydrogen-bond donors (Lipinski definition) is 0. The highest BCUT2D eigenvalue weighted by atomic mass is 32.2. The number of hydrogen-bond acceptors (Lipinski definition) is 3. The van der Waals surface area contributed by atoms with Crippen LogP contribution in [0.25, 0.3) is 0 Å². The van der Waals surface area contributed by atoms with Gasteiger partial charge >= 0.3 is 5.97 Å². The number of thioether (sulfide) groups is 1. The number of ether oxygens (including phenoxy) is 1. The van der Waals surface area contributed by atoms with Crippen LogP contribution in [0, 0.1) is 0 Å². The molecule has 1 unspecified atom stereocenters. The Morgan fingerprint density at radius 3 is 2.67 bits per heavy atom. The number of rotatable bonds is 4. The Hall–Kier alpha value is -1.22. The van der Waals surface area contributed by atoms with Crippen molar-refractivity contribution in [3.05, 3.63) is 41.8 Å². The van der Waals surface area contributed by atoms with E-state index in [1.54, 1.807) is 11.8 Å². The number of carbonyl (C=O) groups is 1. The molecule has 80 valence electrons. The lowest BCUT2D eigenvalue weighted by Crippen LogP contribution is -2.08. The van der Waals surface area contributed by atoms with Crippen molar-refractivity contribution in [3.63, 3.8) is 0 Å². The average Bonchev–Trinajstić information content (AvgIpc) is 2.18. The van der Waals surface area contributed by atoms with E-state index in [1.807, 2.05) is 48.7 Å². The first kappa shape index (κ1) is 11.9. The van der Waals surface area contributed by atoms with Crippen molar-refractivity contribution in [3.8, 4) is 0 Å². The molecule has 0 aliphatic heterocycles. The van der Waals surface area contributed by atoms with Crippen LogP contribution in [0.15, 0.2) is 46.7 Å². The normalized spacial score (nSPS) is 12.7. The first-order valence-electron chi connectivity index (χ1n) is 4.74. The maximum absolute atomic E-state index is 10.6. The maximum Gasteiger partial charge on any atom is 0.303 e. The molecule has 0 spiro atoms. The van der Waals surface area contributed by atoms with E-state index in [0.29, 0.717) is 0 Å². The Labute approximate surface area is 94.3 Å². The van der Waals surface area contributed by atoms with E-state index in [2.05, 4.69) is 0 Å². The summed E-state index contributed by atoms with van der Waals surface area (Å²) in [5, 5.41) is 1.93. The second-order valence-corrected chi connectivity index (χ2v) is 4.05. The lowest BCUT2D eigenvalue weighted by atomic mass is 10.4. The zero-order valence-corrected chi connectivity index (χ0v) is 9.66. The van der Waals surface area contributed by atoms with Crippen LogP contribution < -0.4 is 0 Å². The predicted molar refractivity (Wildman–Crippen MR) is 62.7 cm³/mol. The number of benzene rings is 1. The smallest absolute Gasteiger partial charge is 0.303 e. The van der Waals surface area contributed by atoms with Crippen LogP contribution in [0.4, 0.5) is 0 Å². The molecule has 0 radical (unpaired) electrons. The van der Waals surface area contributed by atoms with Crippen molar-refractivity contribution in [1.29, 1.82) is 0 Å². The van der Waals surface area contributed by atoms with Crippen LogP contribution >= 0.6 is 11.8 Å². The molecule has 0 saturated heterocycles. The van der Waals surface area contributed by atoms with Crippen molar-refractivity contribution in [2.45, 2.75) is 24.8 Å². The van der Waals surface area contributed by atoms with E-state index in [-0.39, 0.29) is 12.1 Å². The van der Waals surface area contributed by atoms with E-state index in [0.717, 1.165) is 0 Å². The molecule has 3 heteroatoms.